The Balaban J connectivity index is 0.00000441. The minimum absolute atomic E-state index is 0. The molecule has 0 aliphatic carbocycles. The summed E-state index contributed by atoms with van der Waals surface area (Å²) >= 11 is 0. The van der Waals surface area contributed by atoms with Crippen molar-refractivity contribution in [2.45, 2.75) is 32.0 Å². The van der Waals surface area contributed by atoms with Crippen LogP contribution in [0.15, 0.2) is 29.3 Å². The maximum atomic E-state index is 12.7. The van der Waals surface area contributed by atoms with Crippen molar-refractivity contribution in [3.8, 4) is 0 Å². The first-order valence-electron chi connectivity index (χ1n) is 6.66. The summed E-state index contributed by atoms with van der Waals surface area (Å²) in [7, 11) is 1.58. The molecular formula is C14H20F4IN3. The number of aliphatic imine (C=N–C) groups is 1. The second kappa shape index (κ2) is 10.6. The molecule has 0 fully saturated rings. The molecule has 126 valence electrons. The summed E-state index contributed by atoms with van der Waals surface area (Å²) in [5.41, 5.74) is 0.886. The third-order valence-electron chi connectivity index (χ3n) is 2.78. The molecule has 0 spiro atoms. The molecule has 0 saturated carbocycles. The Morgan fingerprint density at radius 2 is 1.73 bits per heavy atom. The minimum Gasteiger partial charge on any atom is -0.356 e. The van der Waals surface area contributed by atoms with Crippen molar-refractivity contribution in [1.82, 2.24) is 10.6 Å². The molecule has 0 radical (unpaired) electrons. The van der Waals surface area contributed by atoms with Crippen LogP contribution in [0, 0.1) is 5.82 Å². The highest BCUT2D eigenvalue weighted by molar-refractivity contribution is 14.0. The van der Waals surface area contributed by atoms with E-state index in [1.807, 2.05) is 0 Å². The Morgan fingerprint density at radius 3 is 2.27 bits per heavy atom. The first-order valence-corrected chi connectivity index (χ1v) is 6.66. The summed E-state index contributed by atoms with van der Waals surface area (Å²) in [6.07, 6.45) is -4.36. The van der Waals surface area contributed by atoms with Crippen LogP contribution in [-0.4, -0.2) is 25.7 Å². The van der Waals surface area contributed by atoms with Crippen LogP contribution in [-0.2, 0) is 6.54 Å². The Hall–Kier alpha value is -1.06. The normalized spacial score (nSPS) is 11.8. The van der Waals surface area contributed by atoms with Gasteiger partial charge in [0.2, 0.25) is 0 Å². The van der Waals surface area contributed by atoms with E-state index in [1.165, 1.54) is 12.1 Å². The topological polar surface area (TPSA) is 36.4 Å². The maximum absolute atomic E-state index is 12.7. The van der Waals surface area contributed by atoms with Gasteiger partial charge in [-0.25, -0.2) is 4.39 Å². The van der Waals surface area contributed by atoms with Crippen LogP contribution in [0.4, 0.5) is 17.6 Å². The van der Waals surface area contributed by atoms with Crippen LogP contribution in [0.1, 0.15) is 24.8 Å². The van der Waals surface area contributed by atoms with Crippen molar-refractivity contribution in [2.24, 2.45) is 4.99 Å². The predicted octanol–water partition coefficient (Wildman–Crippen LogP) is 3.84. The van der Waals surface area contributed by atoms with E-state index in [0.717, 1.165) is 5.56 Å². The average molecular weight is 433 g/mol. The highest BCUT2D eigenvalue weighted by Crippen LogP contribution is 2.21. The molecule has 3 nitrogen and oxygen atoms in total. The molecule has 0 aliphatic heterocycles. The minimum atomic E-state index is -4.09. The summed E-state index contributed by atoms with van der Waals surface area (Å²) in [6.45, 7) is 0.877. The quantitative estimate of drug-likeness (QED) is 0.235. The smallest absolute Gasteiger partial charge is 0.356 e. The molecule has 0 saturated heterocycles. The van der Waals surface area contributed by atoms with Crippen LogP contribution in [0.3, 0.4) is 0 Å². The third-order valence-corrected chi connectivity index (χ3v) is 2.78. The van der Waals surface area contributed by atoms with Gasteiger partial charge in [-0.2, -0.15) is 13.2 Å². The zero-order valence-electron chi connectivity index (χ0n) is 12.2. The fourth-order valence-electron chi connectivity index (χ4n) is 1.67. The van der Waals surface area contributed by atoms with Crippen molar-refractivity contribution in [2.75, 3.05) is 13.6 Å². The number of nitrogens with one attached hydrogen (secondary N) is 2. The number of hydrogen-bond donors (Lipinski definition) is 2. The lowest BCUT2D eigenvalue weighted by Crippen LogP contribution is -2.37. The van der Waals surface area contributed by atoms with Gasteiger partial charge in [0.05, 0.1) is 0 Å². The fourth-order valence-corrected chi connectivity index (χ4v) is 1.67. The summed E-state index contributed by atoms with van der Waals surface area (Å²) in [6, 6.07) is 6.03. The lowest BCUT2D eigenvalue weighted by atomic mass is 10.2. The Bertz CT molecular complexity index is 446. The molecule has 8 heteroatoms. The van der Waals surface area contributed by atoms with Gasteiger partial charge in [0.1, 0.15) is 5.82 Å². The predicted molar refractivity (Wildman–Crippen MR) is 89.9 cm³/mol. The number of nitrogens with zero attached hydrogens (tertiary/aromatic N) is 1. The van der Waals surface area contributed by atoms with Gasteiger partial charge >= 0.3 is 6.18 Å². The van der Waals surface area contributed by atoms with Crippen LogP contribution >= 0.6 is 24.0 Å². The van der Waals surface area contributed by atoms with Gasteiger partial charge in [0, 0.05) is 26.6 Å². The number of benzene rings is 1. The van der Waals surface area contributed by atoms with Gasteiger partial charge in [-0.15, -0.1) is 24.0 Å². The zero-order chi connectivity index (χ0) is 15.7. The molecule has 0 amide bonds. The fraction of sp³-hybridized carbons (Fsp3) is 0.500. The molecule has 1 rings (SSSR count). The van der Waals surface area contributed by atoms with E-state index >= 15 is 0 Å². The Kier molecular flexibility index (Phi) is 10.1. The van der Waals surface area contributed by atoms with Gasteiger partial charge < -0.3 is 10.6 Å². The van der Waals surface area contributed by atoms with Crippen LogP contribution in [0.2, 0.25) is 0 Å². The molecule has 1 aromatic carbocycles. The number of unbranched alkanes of at least 4 members (excludes halogenated alkanes) is 1. The van der Waals surface area contributed by atoms with Crippen molar-refractivity contribution in [1.29, 1.82) is 0 Å². The van der Waals surface area contributed by atoms with Crippen molar-refractivity contribution in [3.63, 3.8) is 0 Å². The highest BCUT2D eigenvalue weighted by Gasteiger charge is 2.25. The molecule has 0 bridgehead atoms. The molecule has 0 aromatic heterocycles. The SMILES string of the molecule is CN=C(NCCCCC(F)(F)F)NCc1ccc(F)cc1.I. The second-order valence-corrected chi connectivity index (χ2v) is 4.55. The molecule has 0 aliphatic rings. The zero-order valence-corrected chi connectivity index (χ0v) is 14.5. The monoisotopic (exact) mass is 433 g/mol. The van der Waals surface area contributed by atoms with Crippen LogP contribution in [0.5, 0.6) is 0 Å². The molecule has 1 aromatic rings. The number of rotatable bonds is 6. The first-order chi connectivity index (χ1) is 9.90. The number of hydrogen-bond acceptors (Lipinski definition) is 1. The van der Waals surface area contributed by atoms with Crippen LogP contribution < -0.4 is 10.6 Å². The lowest BCUT2D eigenvalue weighted by molar-refractivity contribution is -0.135. The van der Waals surface area contributed by atoms with E-state index in [2.05, 4.69) is 15.6 Å². The molecule has 0 atom stereocenters. The van der Waals surface area contributed by atoms with E-state index in [-0.39, 0.29) is 36.2 Å². The van der Waals surface area contributed by atoms with E-state index < -0.39 is 12.6 Å². The molecule has 0 heterocycles. The van der Waals surface area contributed by atoms with Gasteiger partial charge in [0.25, 0.3) is 0 Å². The number of halogens is 5. The van der Waals surface area contributed by atoms with Gasteiger partial charge in [0.15, 0.2) is 5.96 Å². The standard InChI is InChI=1S/C14H19F4N3.HI/c1-19-13(20-9-3-2-8-14(16,17)18)21-10-11-4-6-12(15)7-5-11;/h4-7H,2-3,8-10H2,1H3,(H2,19,20,21);1H. The van der Waals surface area contributed by atoms with Crippen molar-refractivity contribution >= 4 is 29.9 Å². The van der Waals surface area contributed by atoms with Gasteiger partial charge in [-0.3, -0.25) is 4.99 Å². The Labute approximate surface area is 144 Å². The summed E-state index contributed by atoms with van der Waals surface area (Å²) in [5, 5.41) is 5.94. The molecule has 22 heavy (non-hydrogen) atoms. The molecular weight excluding hydrogens is 413 g/mol. The summed E-state index contributed by atoms with van der Waals surface area (Å²) in [5.74, 6) is 0.206. The van der Waals surface area contributed by atoms with Gasteiger partial charge in [-0.05, 0) is 30.5 Å². The highest BCUT2D eigenvalue weighted by atomic mass is 127. The number of guanidine groups is 1. The van der Waals surface area contributed by atoms with E-state index in [4.69, 9.17) is 0 Å². The van der Waals surface area contributed by atoms with E-state index in [1.54, 1.807) is 19.2 Å². The van der Waals surface area contributed by atoms with Crippen LogP contribution in [0.25, 0.3) is 0 Å². The van der Waals surface area contributed by atoms with Crippen molar-refractivity contribution in [3.05, 3.63) is 35.6 Å². The largest absolute Gasteiger partial charge is 0.389 e. The second-order valence-electron chi connectivity index (χ2n) is 4.55. The number of alkyl halides is 3. The third kappa shape index (κ3) is 9.80. The summed E-state index contributed by atoms with van der Waals surface area (Å²) in [4.78, 5) is 3.97. The maximum Gasteiger partial charge on any atom is 0.389 e. The lowest BCUT2D eigenvalue weighted by Gasteiger charge is -2.12. The first kappa shape index (κ1) is 20.9. The van der Waals surface area contributed by atoms with E-state index in [9.17, 15) is 17.6 Å². The Morgan fingerprint density at radius 1 is 1.09 bits per heavy atom. The van der Waals surface area contributed by atoms with Gasteiger partial charge in [-0.1, -0.05) is 12.1 Å². The average Bonchev–Trinajstić information content (AvgIpc) is 2.42. The summed E-state index contributed by atoms with van der Waals surface area (Å²) < 4.78 is 48.6. The van der Waals surface area contributed by atoms with Crippen molar-refractivity contribution < 1.29 is 17.6 Å². The van der Waals surface area contributed by atoms with E-state index in [0.29, 0.717) is 25.5 Å². The molecule has 0 unspecified atom stereocenters. The molecule has 2 N–H and O–H groups in total.